The van der Waals surface area contributed by atoms with Gasteiger partial charge in [-0.3, -0.25) is 4.79 Å². The normalized spacial score (nSPS) is 24.8. The Morgan fingerprint density at radius 3 is 2.65 bits per heavy atom. The smallest absolute Gasteiger partial charge is 0.237 e. The van der Waals surface area contributed by atoms with E-state index >= 15 is 0 Å². The molecule has 2 heterocycles. The molecule has 0 saturated heterocycles. The summed E-state index contributed by atoms with van der Waals surface area (Å²) in [5, 5.41) is 0. The molecule has 3 atom stereocenters. The zero-order chi connectivity index (χ0) is 19.3. The fraction of sp³-hybridized carbons (Fsp3) is 0.526. The van der Waals surface area contributed by atoms with E-state index in [1.165, 1.54) is 7.11 Å². The Morgan fingerprint density at radius 1 is 1.35 bits per heavy atom. The number of methoxy groups -OCH3 is 2. The van der Waals surface area contributed by atoms with Gasteiger partial charge in [0.15, 0.2) is 5.75 Å². The highest BCUT2D eigenvalue weighted by molar-refractivity contribution is 9.10. The Balaban J connectivity index is 2.67. The molecule has 144 valence electrons. The van der Waals surface area contributed by atoms with Gasteiger partial charge < -0.3 is 23.5 Å². The largest absolute Gasteiger partial charge is 0.491 e. The molecule has 0 aliphatic carbocycles. The fourth-order valence-corrected chi connectivity index (χ4v) is 3.92. The molecule has 0 radical (unpaired) electrons. The van der Waals surface area contributed by atoms with E-state index in [2.05, 4.69) is 36.0 Å². The molecule has 0 spiro atoms. The number of halogens is 1. The van der Waals surface area contributed by atoms with Crippen molar-refractivity contribution in [3.63, 3.8) is 0 Å². The molecular formula is C19H26BrNO5. The number of pyridine rings is 1. The van der Waals surface area contributed by atoms with Gasteiger partial charge in [-0.25, -0.2) is 0 Å². The van der Waals surface area contributed by atoms with E-state index in [0.717, 1.165) is 0 Å². The van der Waals surface area contributed by atoms with E-state index < -0.39 is 11.5 Å². The van der Waals surface area contributed by atoms with Gasteiger partial charge in [-0.05, 0) is 22.4 Å². The topological polar surface area (TPSA) is 58.9 Å². The van der Waals surface area contributed by atoms with Crippen molar-refractivity contribution in [2.45, 2.75) is 32.1 Å². The van der Waals surface area contributed by atoms with Gasteiger partial charge in [0.25, 0.3) is 0 Å². The first-order valence-corrected chi connectivity index (χ1v) is 9.14. The summed E-state index contributed by atoms with van der Waals surface area (Å²) in [4.78, 5) is 12.6. The van der Waals surface area contributed by atoms with Crippen molar-refractivity contribution < 1.29 is 18.9 Å². The molecular weight excluding hydrogens is 402 g/mol. The minimum Gasteiger partial charge on any atom is -0.491 e. The van der Waals surface area contributed by atoms with Crippen LogP contribution in [0.25, 0.3) is 0 Å². The molecule has 0 saturated carbocycles. The maximum absolute atomic E-state index is 12.6. The van der Waals surface area contributed by atoms with E-state index in [1.807, 2.05) is 10.6 Å². The lowest BCUT2D eigenvalue weighted by atomic mass is 9.71. The Labute approximate surface area is 162 Å². The molecule has 6 nitrogen and oxygen atoms in total. The summed E-state index contributed by atoms with van der Waals surface area (Å²) < 4.78 is 25.1. The van der Waals surface area contributed by atoms with E-state index in [4.69, 9.17) is 18.9 Å². The summed E-state index contributed by atoms with van der Waals surface area (Å²) in [7, 11) is 3.05. The van der Waals surface area contributed by atoms with Crippen molar-refractivity contribution in [3.05, 3.63) is 51.9 Å². The number of nitrogens with zero attached hydrogens (tertiary/aromatic N) is 1. The van der Waals surface area contributed by atoms with Crippen molar-refractivity contribution in [1.82, 2.24) is 4.57 Å². The molecule has 1 aliphatic rings. The Bertz CT molecular complexity index is 717. The third-order valence-corrected chi connectivity index (χ3v) is 5.30. The van der Waals surface area contributed by atoms with E-state index in [-0.39, 0.29) is 24.1 Å². The van der Waals surface area contributed by atoms with Crippen LogP contribution in [0.5, 0.6) is 5.75 Å². The number of rotatable bonds is 9. The molecule has 0 N–H and O–H groups in total. The number of fused-ring (bicyclic) bond motifs is 1. The van der Waals surface area contributed by atoms with Crippen LogP contribution in [0, 0.1) is 5.41 Å². The second kappa shape index (κ2) is 8.99. The molecule has 2 rings (SSSR count). The van der Waals surface area contributed by atoms with Crippen molar-refractivity contribution in [2.75, 3.05) is 27.6 Å². The minimum atomic E-state index is -0.472. The summed E-state index contributed by atoms with van der Waals surface area (Å²) in [6, 6.07) is 0. The monoisotopic (exact) mass is 427 g/mol. The molecule has 1 aromatic heterocycles. The lowest BCUT2D eigenvalue weighted by Gasteiger charge is -2.47. The third-order valence-electron chi connectivity index (χ3n) is 4.74. The fourth-order valence-electron chi connectivity index (χ4n) is 3.49. The summed E-state index contributed by atoms with van der Waals surface area (Å²) in [5.41, 5.74) is 0.00773. The van der Waals surface area contributed by atoms with Crippen LogP contribution in [0.1, 0.15) is 25.1 Å². The number of ether oxygens (including phenoxy) is 4. The standard InChI is InChI=1S/C19H26BrNO5/c1-6-8-19(3)14(25-9-7-2)11-21-10-13(20)16(22)17(24-5)15(21)18(19)26-12-23-4/h6-7,10,14,18H,1-2,8-9,11-12H2,3-5H3. The van der Waals surface area contributed by atoms with Gasteiger partial charge in [0, 0.05) is 25.3 Å². The van der Waals surface area contributed by atoms with Crippen LogP contribution in [0.4, 0.5) is 0 Å². The summed E-state index contributed by atoms with van der Waals surface area (Å²) in [6.07, 6.45) is 5.30. The van der Waals surface area contributed by atoms with Crippen molar-refractivity contribution in [2.24, 2.45) is 5.41 Å². The molecule has 1 aliphatic heterocycles. The first kappa shape index (κ1) is 20.9. The van der Waals surface area contributed by atoms with Gasteiger partial charge in [-0.1, -0.05) is 19.1 Å². The Kier molecular flexibility index (Phi) is 7.23. The van der Waals surface area contributed by atoms with Gasteiger partial charge >= 0.3 is 0 Å². The van der Waals surface area contributed by atoms with Gasteiger partial charge in [0.05, 0.1) is 30.0 Å². The number of hydrogen-bond donors (Lipinski definition) is 0. The molecule has 1 aromatic rings. The number of aromatic nitrogens is 1. The van der Waals surface area contributed by atoms with Crippen molar-refractivity contribution >= 4 is 15.9 Å². The molecule has 26 heavy (non-hydrogen) atoms. The predicted octanol–water partition coefficient (Wildman–Crippen LogP) is 3.45. The number of allylic oxidation sites excluding steroid dienone is 1. The molecule has 0 fully saturated rings. The van der Waals surface area contributed by atoms with Crippen LogP contribution in [-0.4, -0.2) is 38.3 Å². The zero-order valence-corrected chi connectivity index (χ0v) is 17.1. The van der Waals surface area contributed by atoms with Crippen molar-refractivity contribution in [1.29, 1.82) is 0 Å². The maximum Gasteiger partial charge on any atom is 0.237 e. The highest BCUT2D eigenvalue weighted by Crippen LogP contribution is 2.49. The van der Waals surface area contributed by atoms with Crippen LogP contribution < -0.4 is 10.2 Å². The molecule has 0 amide bonds. The summed E-state index contributed by atoms with van der Waals surface area (Å²) >= 11 is 3.32. The molecule has 3 unspecified atom stereocenters. The quantitative estimate of drug-likeness (QED) is 0.446. The van der Waals surface area contributed by atoms with Gasteiger partial charge in [-0.15, -0.1) is 13.2 Å². The van der Waals surface area contributed by atoms with Crippen LogP contribution in [0.15, 0.2) is 40.8 Å². The second-order valence-corrected chi connectivity index (χ2v) is 7.29. The van der Waals surface area contributed by atoms with Gasteiger partial charge in [0.1, 0.15) is 12.9 Å². The Hall–Kier alpha value is -1.41. The van der Waals surface area contributed by atoms with E-state index in [9.17, 15) is 4.79 Å². The van der Waals surface area contributed by atoms with Crippen LogP contribution >= 0.6 is 15.9 Å². The first-order chi connectivity index (χ1) is 12.4. The summed E-state index contributed by atoms with van der Waals surface area (Å²) in [6.45, 7) is 10.7. The first-order valence-electron chi connectivity index (χ1n) is 8.35. The van der Waals surface area contributed by atoms with Crippen molar-refractivity contribution in [3.8, 4) is 5.75 Å². The average Bonchev–Trinajstić information content (AvgIpc) is 2.61. The summed E-state index contributed by atoms with van der Waals surface area (Å²) in [5.74, 6) is 0.262. The molecule has 7 heteroatoms. The SMILES string of the molecule is C=CCOC1Cn2cc(Br)c(=O)c(OC)c2C(OCOC)C1(C)CC=C. The second-order valence-electron chi connectivity index (χ2n) is 6.44. The highest BCUT2D eigenvalue weighted by atomic mass is 79.9. The maximum atomic E-state index is 12.6. The van der Waals surface area contributed by atoms with Gasteiger partial charge in [0.2, 0.25) is 5.43 Å². The van der Waals surface area contributed by atoms with Crippen LogP contribution in [-0.2, 0) is 20.8 Å². The van der Waals surface area contributed by atoms with Gasteiger partial charge in [-0.2, -0.15) is 0 Å². The lowest BCUT2D eigenvalue weighted by Crippen LogP contribution is -2.49. The minimum absolute atomic E-state index is 0.0823. The molecule has 0 bridgehead atoms. The lowest BCUT2D eigenvalue weighted by molar-refractivity contribution is -0.174. The van der Waals surface area contributed by atoms with E-state index in [1.54, 1.807) is 19.4 Å². The zero-order valence-electron chi connectivity index (χ0n) is 15.5. The van der Waals surface area contributed by atoms with E-state index in [0.29, 0.717) is 29.7 Å². The van der Waals surface area contributed by atoms with Crippen LogP contribution in [0.2, 0.25) is 0 Å². The number of hydrogen-bond acceptors (Lipinski definition) is 5. The Morgan fingerprint density at radius 2 is 2.08 bits per heavy atom. The van der Waals surface area contributed by atoms with Crippen LogP contribution in [0.3, 0.4) is 0 Å². The average molecular weight is 428 g/mol. The third kappa shape index (κ3) is 3.81. The highest BCUT2D eigenvalue weighted by Gasteiger charge is 2.49. The molecule has 0 aromatic carbocycles. The predicted molar refractivity (Wildman–Crippen MR) is 104 cm³/mol.